The van der Waals surface area contributed by atoms with Crippen molar-refractivity contribution in [1.82, 2.24) is 0 Å². The number of alkyl halides is 6. The minimum absolute atomic E-state index is 0. The van der Waals surface area contributed by atoms with Gasteiger partial charge in [0.05, 0.1) is 11.1 Å². The Balaban J connectivity index is 0.00000420. The highest BCUT2D eigenvalue weighted by Gasteiger charge is 2.39. The molecular weight excluding hydrogens is 518 g/mol. The van der Waals surface area contributed by atoms with E-state index in [0.29, 0.717) is 17.3 Å². The topological polar surface area (TPSA) is 41.1 Å². The van der Waals surface area contributed by atoms with E-state index < -0.39 is 40.5 Å². The number of rotatable bonds is 6. The van der Waals surface area contributed by atoms with E-state index in [1.807, 2.05) is 0 Å². The molecule has 0 aliphatic carbocycles. The van der Waals surface area contributed by atoms with Crippen molar-refractivity contribution in [3.8, 4) is 11.1 Å². The Morgan fingerprint density at radius 1 is 0.590 bits per heavy atom. The summed E-state index contributed by atoms with van der Waals surface area (Å²) < 4.78 is 84.2. The van der Waals surface area contributed by atoms with E-state index in [4.69, 9.17) is 0 Å². The van der Waals surface area contributed by atoms with Gasteiger partial charge in [-0.25, -0.2) is 0 Å². The zero-order valence-electron chi connectivity index (χ0n) is 19.6. The second kappa shape index (κ2) is 11.5. The van der Waals surface area contributed by atoms with Gasteiger partial charge in [0, 0.05) is 22.6 Å². The monoisotopic (exact) mass is 542 g/mol. The summed E-state index contributed by atoms with van der Waals surface area (Å²) in [5, 5.41) is 5.14. The molecule has 0 aliphatic rings. The highest BCUT2D eigenvalue weighted by Crippen LogP contribution is 2.44. The van der Waals surface area contributed by atoms with Crippen molar-refractivity contribution in [2.45, 2.75) is 19.8 Å². The van der Waals surface area contributed by atoms with Gasteiger partial charge in [0.1, 0.15) is 0 Å². The fourth-order valence-electron chi connectivity index (χ4n) is 3.86. The third kappa shape index (κ3) is 6.87. The maximum atomic E-state index is 14.1. The van der Waals surface area contributed by atoms with Gasteiger partial charge in [0.25, 0.3) is 5.91 Å². The third-order valence-corrected chi connectivity index (χ3v) is 5.65. The first kappa shape index (κ1) is 29.0. The summed E-state index contributed by atoms with van der Waals surface area (Å²) in [4.78, 5) is 12.4. The molecule has 0 aromatic heterocycles. The van der Waals surface area contributed by atoms with Crippen LogP contribution in [0.5, 0.6) is 0 Å². The minimum atomic E-state index is -5.00. The number of carbonyl (C=O) groups excluding carboxylic acids is 1. The standard InChI is InChI=1S/C29H20F6N2O.CH4/c1-18(19-8-4-2-5-9-19)36-21-12-14-23(25(16-21)28(30,31)32)24-15-13-22(17-26(24)29(33,34)35)37-27(38)20-10-6-3-7-11-20;/h2-17,36H,1H2,(H,37,38);1H4. The van der Waals surface area contributed by atoms with Gasteiger partial charge in [-0.15, -0.1) is 0 Å². The predicted molar refractivity (Wildman–Crippen MR) is 142 cm³/mol. The number of anilines is 2. The molecule has 3 nitrogen and oxygen atoms in total. The Hall–Kier alpha value is -4.53. The lowest BCUT2D eigenvalue weighted by Crippen LogP contribution is -2.15. The summed E-state index contributed by atoms with van der Waals surface area (Å²) in [5.41, 5.74) is -2.92. The van der Waals surface area contributed by atoms with Crippen LogP contribution in [0.4, 0.5) is 37.7 Å². The Bertz CT molecular complexity index is 1350. The molecule has 0 saturated carbocycles. The normalized spacial score (nSPS) is 11.3. The second-order valence-electron chi connectivity index (χ2n) is 8.31. The highest BCUT2D eigenvalue weighted by atomic mass is 19.4. The first-order valence-corrected chi connectivity index (χ1v) is 11.2. The van der Waals surface area contributed by atoms with Crippen LogP contribution in [-0.2, 0) is 12.4 Å². The number of halogens is 6. The molecule has 4 aromatic rings. The molecule has 0 fully saturated rings. The quantitative estimate of drug-likeness (QED) is 0.238. The van der Waals surface area contributed by atoms with E-state index >= 15 is 0 Å². The van der Waals surface area contributed by atoms with Gasteiger partial charge in [0.15, 0.2) is 0 Å². The SMILES string of the molecule is C.C=C(Nc1ccc(-c2ccc(NC(=O)c3ccccc3)cc2C(F)(F)F)c(C(F)(F)F)c1)c1ccccc1. The van der Waals surface area contributed by atoms with E-state index in [9.17, 15) is 31.1 Å². The zero-order valence-corrected chi connectivity index (χ0v) is 19.6. The molecule has 202 valence electrons. The average molecular weight is 543 g/mol. The molecule has 0 bridgehead atoms. The van der Waals surface area contributed by atoms with Crippen LogP contribution in [-0.4, -0.2) is 5.91 Å². The molecule has 0 unspecified atom stereocenters. The Morgan fingerprint density at radius 2 is 1.00 bits per heavy atom. The minimum Gasteiger partial charge on any atom is -0.356 e. The summed E-state index contributed by atoms with van der Waals surface area (Å²) in [6.07, 6.45) is -9.95. The number of benzene rings is 4. The van der Waals surface area contributed by atoms with Gasteiger partial charge in [0.2, 0.25) is 0 Å². The van der Waals surface area contributed by atoms with Gasteiger partial charge < -0.3 is 10.6 Å². The summed E-state index contributed by atoms with van der Waals surface area (Å²) in [5.74, 6) is -0.656. The summed E-state index contributed by atoms with van der Waals surface area (Å²) in [6, 6.07) is 22.1. The van der Waals surface area contributed by atoms with E-state index in [-0.39, 0.29) is 24.4 Å². The number of nitrogens with one attached hydrogen (secondary N) is 2. The summed E-state index contributed by atoms with van der Waals surface area (Å²) >= 11 is 0. The smallest absolute Gasteiger partial charge is 0.356 e. The lowest BCUT2D eigenvalue weighted by molar-refractivity contribution is -0.139. The van der Waals surface area contributed by atoms with Crippen LogP contribution in [0.15, 0.2) is 104 Å². The van der Waals surface area contributed by atoms with E-state index in [0.717, 1.165) is 24.3 Å². The van der Waals surface area contributed by atoms with Crippen molar-refractivity contribution in [1.29, 1.82) is 0 Å². The maximum absolute atomic E-state index is 14.1. The Kier molecular flexibility index (Phi) is 8.54. The van der Waals surface area contributed by atoms with Gasteiger partial charge in [-0.05, 0) is 53.1 Å². The van der Waals surface area contributed by atoms with Crippen LogP contribution in [0.1, 0.15) is 34.5 Å². The lowest BCUT2D eigenvalue weighted by Gasteiger charge is -2.20. The molecular formula is C30H24F6N2O. The van der Waals surface area contributed by atoms with Crippen molar-refractivity contribution in [2.24, 2.45) is 0 Å². The van der Waals surface area contributed by atoms with Crippen molar-refractivity contribution in [2.75, 3.05) is 10.6 Å². The largest absolute Gasteiger partial charge is 0.417 e. The van der Waals surface area contributed by atoms with Crippen molar-refractivity contribution in [3.05, 3.63) is 126 Å². The van der Waals surface area contributed by atoms with Crippen molar-refractivity contribution in [3.63, 3.8) is 0 Å². The van der Waals surface area contributed by atoms with Crippen LogP contribution >= 0.6 is 0 Å². The first-order chi connectivity index (χ1) is 17.9. The molecule has 2 N–H and O–H groups in total. The number of carbonyl (C=O) groups is 1. The second-order valence-corrected chi connectivity index (χ2v) is 8.31. The predicted octanol–water partition coefficient (Wildman–Crippen LogP) is 9.36. The molecule has 1 amide bonds. The van der Waals surface area contributed by atoms with E-state index in [1.54, 1.807) is 48.5 Å². The van der Waals surface area contributed by atoms with Gasteiger partial charge in [-0.2, -0.15) is 26.3 Å². The van der Waals surface area contributed by atoms with Crippen molar-refractivity contribution >= 4 is 23.0 Å². The molecule has 4 rings (SSSR count). The first-order valence-electron chi connectivity index (χ1n) is 11.2. The fraction of sp³-hybridized carbons (Fsp3) is 0.100. The Morgan fingerprint density at radius 3 is 1.44 bits per heavy atom. The molecule has 0 heterocycles. The molecule has 9 heteroatoms. The van der Waals surface area contributed by atoms with Gasteiger partial charge in [-0.1, -0.05) is 74.7 Å². The molecule has 4 aromatic carbocycles. The lowest BCUT2D eigenvalue weighted by atomic mass is 9.93. The number of hydrogen-bond acceptors (Lipinski definition) is 2. The number of amides is 1. The maximum Gasteiger partial charge on any atom is 0.417 e. The molecule has 39 heavy (non-hydrogen) atoms. The zero-order chi connectivity index (χ0) is 27.5. The fourth-order valence-corrected chi connectivity index (χ4v) is 3.86. The molecule has 0 radical (unpaired) electrons. The van der Waals surface area contributed by atoms with Crippen LogP contribution < -0.4 is 10.6 Å². The molecule has 0 atom stereocenters. The van der Waals surface area contributed by atoms with Gasteiger partial charge in [-0.3, -0.25) is 4.79 Å². The summed E-state index contributed by atoms with van der Waals surface area (Å²) in [7, 11) is 0. The molecule has 0 aliphatic heterocycles. The summed E-state index contributed by atoms with van der Waals surface area (Å²) in [6.45, 7) is 3.82. The van der Waals surface area contributed by atoms with Crippen molar-refractivity contribution < 1.29 is 31.1 Å². The Labute approximate surface area is 221 Å². The van der Waals surface area contributed by atoms with Gasteiger partial charge >= 0.3 is 12.4 Å². The number of hydrogen-bond donors (Lipinski definition) is 2. The van der Waals surface area contributed by atoms with Crippen LogP contribution in [0.3, 0.4) is 0 Å². The highest BCUT2D eigenvalue weighted by molar-refractivity contribution is 6.04. The average Bonchev–Trinajstić information content (AvgIpc) is 2.88. The molecule has 0 spiro atoms. The third-order valence-electron chi connectivity index (χ3n) is 5.65. The van der Waals surface area contributed by atoms with Crippen LogP contribution in [0.2, 0.25) is 0 Å². The molecule has 0 saturated heterocycles. The van der Waals surface area contributed by atoms with E-state index in [2.05, 4.69) is 17.2 Å². The van der Waals surface area contributed by atoms with Crippen LogP contribution in [0.25, 0.3) is 16.8 Å². The van der Waals surface area contributed by atoms with Crippen LogP contribution in [0, 0.1) is 0 Å². The van der Waals surface area contributed by atoms with E-state index in [1.165, 1.54) is 18.2 Å².